The molecular weight excluding hydrogens is 442 g/mol. The lowest BCUT2D eigenvalue weighted by Gasteiger charge is -2.40. The zero-order chi connectivity index (χ0) is 23.2. The van der Waals surface area contributed by atoms with Crippen LogP contribution in [0.5, 0.6) is 11.5 Å². The highest BCUT2D eigenvalue weighted by Crippen LogP contribution is 2.40. The second-order valence-electron chi connectivity index (χ2n) is 8.73. The third-order valence-electron chi connectivity index (χ3n) is 5.97. The molecule has 1 saturated heterocycles. The topological polar surface area (TPSA) is 94.8 Å². The molecule has 0 spiro atoms. The lowest BCUT2D eigenvalue weighted by Crippen LogP contribution is -2.64. The molecule has 1 aromatic carbocycles. The van der Waals surface area contributed by atoms with Crippen molar-refractivity contribution < 1.29 is 24.1 Å². The van der Waals surface area contributed by atoms with Crippen LogP contribution in [0.2, 0.25) is 0 Å². The Hall–Kier alpha value is -2.88. The Morgan fingerprint density at radius 2 is 2.15 bits per heavy atom. The number of benzene rings is 1. The van der Waals surface area contributed by atoms with E-state index in [1.54, 1.807) is 18.4 Å². The van der Waals surface area contributed by atoms with Crippen LogP contribution in [0.15, 0.2) is 29.6 Å². The highest BCUT2D eigenvalue weighted by Gasteiger charge is 2.41. The minimum Gasteiger partial charge on any atom is -0.493 e. The zero-order valence-corrected chi connectivity index (χ0v) is 19.7. The molecular formula is C24H27N3O5S. The maximum atomic E-state index is 13.3. The summed E-state index contributed by atoms with van der Waals surface area (Å²) in [6, 6.07) is 7.96. The van der Waals surface area contributed by atoms with Crippen LogP contribution in [0.1, 0.15) is 35.6 Å². The van der Waals surface area contributed by atoms with Crippen molar-refractivity contribution in [1.29, 1.82) is 0 Å². The van der Waals surface area contributed by atoms with Gasteiger partial charge in [-0.05, 0) is 49.8 Å². The normalized spacial score (nSPS) is 16.0. The average molecular weight is 470 g/mol. The summed E-state index contributed by atoms with van der Waals surface area (Å²) in [5, 5.41) is 14.7. The van der Waals surface area contributed by atoms with Crippen molar-refractivity contribution in [2.75, 3.05) is 26.9 Å². The number of aryl methyl sites for hydroxylation is 1. The molecule has 2 aromatic heterocycles. The van der Waals surface area contributed by atoms with E-state index in [2.05, 4.69) is 9.88 Å². The van der Waals surface area contributed by atoms with Crippen LogP contribution in [0, 0.1) is 0 Å². The SMILES string of the molecule is COc1cc2c(cc1OC(C)C)-n1c(-c3cccs3)nc(C(=O)NC3(CO)COC3)c1CC2. The predicted molar refractivity (Wildman–Crippen MR) is 125 cm³/mol. The first kappa shape index (κ1) is 21.9. The van der Waals surface area contributed by atoms with Crippen LogP contribution in [-0.4, -0.2) is 59.1 Å². The lowest BCUT2D eigenvalue weighted by molar-refractivity contribution is -0.0920. The molecule has 2 aliphatic heterocycles. The van der Waals surface area contributed by atoms with Crippen molar-refractivity contribution >= 4 is 17.2 Å². The quantitative estimate of drug-likeness (QED) is 0.553. The van der Waals surface area contributed by atoms with E-state index in [9.17, 15) is 9.90 Å². The number of amides is 1. The fourth-order valence-corrected chi connectivity index (χ4v) is 5.01. The van der Waals surface area contributed by atoms with Gasteiger partial charge in [0, 0.05) is 6.07 Å². The van der Waals surface area contributed by atoms with Crippen molar-refractivity contribution in [3.8, 4) is 27.9 Å². The number of hydrogen-bond donors (Lipinski definition) is 2. The van der Waals surface area contributed by atoms with Crippen LogP contribution in [0.3, 0.4) is 0 Å². The zero-order valence-electron chi connectivity index (χ0n) is 18.9. The molecule has 3 aromatic rings. The number of carbonyl (C=O) groups is 1. The monoisotopic (exact) mass is 469 g/mol. The number of methoxy groups -OCH3 is 1. The first-order valence-corrected chi connectivity index (χ1v) is 11.9. The van der Waals surface area contributed by atoms with Gasteiger partial charge < -0.3 is 24.6 Å². The van der Waals surface area contributed by atoms with Gasteiger partial charge in [-0.25, -0.2) is 4.98 Å². The number of rotatable bonds is 7. The Labute approximate surface area is 196 Å². The summed E-state index contributed by atoms with van der Waals surface area (Å²) in [7, 11) is 1.64. The van der Waals surface area contributed by atoms with E-state index in [0.717, 1.165) is 34.1 Å². The molecule has 0 radical (unpaired) electrons. The Bertz CT molecular complexity index is 1180. The molecule has 0 bridgehead atoms. The maximum Gasteiger partial charge on any atom is 0.272 e. The molecule has 2 N–H and O–H groups in total. The van der Waals surface area contributed by atoms with Gasteiger partial charge in [-0.15, -0.1) is 11.3 Å². The molecule has 174 valence electrons. The van der Waals surface area contributed by atoms with Crippen LogP contribution in [0.4, 0.5) is 0 Å². The Balaban J connectivity index is 1.65. The molecule has 1 amide bonds. The van der Waals surface area contributed by atoms with Gasteiger partial charge in [-0.2, -0.15) is 0 Å². The number of aromatic nitrogens is 2. The number of nitrogens with one attached hydrogen (secondary N) is 1. The van der Waals surface area contributed by atoms with E-state index >= 15 is 0 Å². The first-order chi connectivity index (χ1) is 15.9. The van der Waals surface area contributed by atoms with Crippen molar-refractivity contribution in [3.05, 3.63) is 46.6 Å². The number of thiophene rings is 1. The second-order valence-corrected chi connectivity index (χ2v) is 9.67. The number of aliphatic hydroxyl groups is 1. The van der Waals surface area contributed by atoms with Crippen LogP contribution >= 0.6 is 11.3 Å². The van der Waals surface area contributed by atoms with E-state index in [-0.39, 0.29) is 18.6 Å². The molecule has 0 saturated carbocycles. The summed E-state index contributed by atoms with van der Waals surface area (Å²) in [5.41, 5.74) is 2.53. The number of hydrogen-bond acceptors (Lipinski definition) is 7. The summed E-state index contributed by atoms with van der Waals surface area (Å²) in [6.07, 6.45) is 1.39. The van der Waals surface area contributed by atoms with E-state index in [1.807, 2.05) is 43.5 Å². The third-order valence-corrected chi connectivity index (χ3v) is 6.83. The highest BCUT2D eigenvalue weighted by atomic mass is 32.1. The Morgan fingerprint density at radius 3 is 2.76 bits per heavy atom. The van der Waals surface area contributed by atoms with Gasteiger partial charge in [0.1, 0.15) is 5.54 Å². The standard InChI is InChI=1S/C24H27N3O5S/c1-14(2)32-19-10-17-15(9-18(19)30-3)6-7-16-21(23(29)26-24(11-28)12-31-13-24)25-22(27(16)17)20-5-4-8-33-20/h4-5,8-10,14,28H,6-7,11-13H2,1-3H3,(H,26,29). The van der Waals surface area contributed by atoms with Gasteiger partial charge in [-0.3, -0.25) is 9.36 Å². The van der Waals surface area contributed by atoms with Crippen molar-refractivity contribution in [3.63, 3.8) is 0 Å². The molecule has 5 rings (SSSR count). The minimum atomic E-state index is -0.741. The van der Waals surface area contributed by atoms with Gasteiger partial charge in [0.05, 0.1) is 49.3 Å². The Morgan fingerprint density at radius 1 is 1.33 bits per heavy atom. The maximum absolute atomic E-state index is 13.3. The summed E-state index contributed by atoms with van der Waals surface area (Å²) in [4.78, 5) is 19.1. The fourth-order valence-electron chi connectivity index (χ4n) is 4.31. The molecule has 0 aliphatic carbocycles. The first-order valence-electron chi connectivity index (χ1n) is 11.0. The Kier molecular flexibility index (Phi) is 5.64. The molecule has 8 nitrogen and oxygen atoms in total. The van der Waals surface area contributed by atoms with Crippen LogP contribution in [0.25, 0.3) is 16.4 Å². The fraction of sp³-hybridized carbons (Fsp3) is 0.417. The van der Waals surface area contributed by atoms with Crippen LogP contribution < -0.4 is 14.8 Å². The van der Waals surface area contributed by atoms with E-state index in [0.29, 0.717) is 36.8 Å². The average Bonchev–Trinajstić information content (AvgIpc) is 3.43. The lowest BCUT2D eigenvalue weighted by atomic mass is 9.97. The van der Waals surface area contributed by atoms with E-state index in [1.165, 1.54) is 0 Å². The third kappa shape index (κ3) is 3.80. The molecule has 1 fully saturated rings. The van der Waals surface area contributed by atoms with Gasteiger partial charge in [0.2, 0.25) is 0 Å². The molecule has 9 heteroatoms. The van der Waals surface area contributed by atoms with Gasteiger partial charge in [0.25, 0.3) is 5.91 Å². The van der Waals surface area contributed by atoms with Gasteiger partial charge >= 0.3 is 0 Å². The molecule has 33 heavy (non-hydrogen) atoms. The molecule has 0 unspecified atom stereocenters. The number of ether oxygens (including phenoxy) is 3. The van der Waals surface area contributed by atoms with Gasteiger partial charge in [-0.1, -0.05) is 6.07 Å². The predicted octanol–water partition coefficient (Wildman–Crippen LogP) is 2.99. The number of fused-ring (bicyclic) bond motifs is 3. The van der Waals surface area contributed by atoms with E-state index in [4.69, 9.17) is 19.2 Å². The van der Waals surface area contributed by atoms with Crippen molar-refractivity contribution in [2.24, 2.45) is 0 Å². The second kappa shape index (κ2) is 8.48. The number of nitrogens with zero attached hydrogens (tertiary/aromatic N) is 2. The summed E-state index contributed by atoms with van der Waals surface area (Å²) in [6.45, 7) is 4.36. The smallest absolute Gasteiger partial charge is 0.272 e. The summed E-state index contributed by atoms with van der Waals surface area (Å²) < 4.78 is 18.9. The summed E-state index contributed by atoms with van der Waals surface area (Å²) >= 11 is 1.57. The van der Waals surface area contributed by atoms with Crippen molar-refractivity contribution in [1.82, 2.24) is 14.9 Å². The largest absolute Gasteiger partial charge is 0.493 e. The number of carbonyl (C=O) groups excluding carboxylic acids is 1. The molecule has 0 atom stereocenters. The molecule has 4 heterocycles. The number of imidazole rings is 1. The number of aliphatic hydroxyl groups excluding tert-OH is 1. The van der Waals surface area contributed by atoms with Gasteiger partial charge in [0.15, 0.2) is 23.0 Å². The van der Waals surface area contributed by atoms with Crippen LogP contribution in [-0.2, 0) is 17.6 Å². The highest BCUT2D eigenvalue weighted by molar-refractivity contribution is 7.13. The van der Waals surface area contributed by atoms with Crippen molar-refractivity contribution in [2.45, 2.75) is 38.3 Å². The molecule has 2 aliphatic rings. The summed E-state index contributed by atoms with van der Waals surface area (Å²) in [5.74, 6) is 1.77. The minimum absolute atomic E-state index is 0.0136. The van der Waals surface area contributed by atoms with E-state index < -0.39 is 5.54 Å².